The number of hydrogen-bond donors (Lipinski definition) is 1. The molecule has 0 amide bonds. The minimum absolute atomic E-state index is 0.540. The normalized spacial score (nSPS) is 27.6. The number of benzene rings is 1. The molecule has 0 aromatic heterocycles. The molecular weight excluding hydrogens is 224 g/mol. The van der Waals surface area contributed by atoms with Gasteiger partial charge in [-0.1, -0.05) is 31.2 Å². The van der Waals surface area contributed by atoms with E-state index in [0.29, 0.717) is 12.0 Å². The molecule has 0 radical (unpaired) electrons. The minimum Gasteiger partial charge on any atom is -0.379 e. The molecule has 2 aliphatic heterocycles. The Morgan fingerprint density at radius 2 is 1.94 bits per heavy atom. The Morgan fingerprint density at radius 3 is 2.61 bits per heavy atom. The Kier molecular flexibility index (Phi) is 3.64. The summed E-state index contributed by atoms with van der Waals surface area (Å²) in [5.41, 5.74) is 2.99. The highest BCUT2D eigenvalue weighted by molar-refractivity contribution is 5.30. The highest BCUT2D eigenvalue weighted by Crippen LogP contribution is 2.25. The first-order valence-corrected chi connectivity index (χ1v) is 6.97. The average molecular weight is 246 g/mol. The largest absolute Gasteiger partial charge is 0.379 e. The molecule has 3 nitrogen and oxygen atoms in total. The van der Waals surface area contributed by atoms with Gasteiger partial charge in [0.25, 0.3) is 0 Å². The van der Waals surface area contributed by atoms with E-state index in [9.17, 15) is 0 Å². The summed E-state index contributed by atoms with van der Waals surface area (Å²) in [7, 11) is 0. The van der Waals surface area contributed by atoms with Crippen molar-refractivity contribution in [3.63, 3.8) is 0 Å². The molecule has 18 heavy (non-hydrogen) atoms. The first kappa shape index (κ1) is 12.2. The zero-order chi connectivity index (χ0) is 12.4. The van der Waals surface area contributed by atoms with Crippen LogP contribution in [0.4, 0.5) is 0 Å². The van der Waals surface area contributed by atoms with Gasteiger partial charge < -0.3 is 10.1 Å². The van der Waals surface area contributed by atoms with Crippen LogP contribution < -0.4 is 5.32 Å². The van der Waals surface area contributed by atoms with Crippen molar-refractivity contribution in [2.45, 2.75) is 26.1 Å². The van der Waals surface area contributed by atoms with Gasteiger partial charge >= 0.3 is 0 Å². The smallest absolute Gasteiger partial charge is 0.0623 e. The van der Waals surface area contributed by atoms with Gasteiger partial charge in [-0.25, -0.2) is 0 Å². The van der Waals surface area contributed by atoms with Gasteiger partial charge in [0.1, 0.15) is 0 Å². The van der Waals surface area contributed by atoms with Gasteiger partial charge in [-0.15, -0.1) is 0 Å². The Morgan fingerprint density at radius 1 is 1.22 bits per heavy atom. The van der Waals surface area contributed by atoms with Gasteiger partial charge in [0.05, 0.1) is 13.2 Å². The Bertz CT molecular complexity index is 382. The van der Waals surface area contributed by atoms with Crippen LogP contribution >= 0.6 is 0 Å². The predicted molar refractivity (Wildman–Crippen MR) is 72.3 cm³/mol. The van der Waals surface area contributed by atoms with Crippen LogP contribution in [0.5, 0.6) is 0 Å². The number of ether oxygens (including phenoxy) is 1. The fraction of sp³-hybridized carbons (Fsp3) is 0.600. The molecule has 0 aliphatic carbocycles. The van der Waals surface area contributed by atoms with Gasteiger partial charge in [0.15, 0.2) is 0 Å². The zero-order valence-electron chi connectivity index (χ0n) is 11.1. The minimum atomic E-state index is 0.540. The lowest BCUT2D eigenvalue weighted by atomic mass is 10.0. The van der Waals surface area contributed by atoms with E-state index in [1.54, 1.807) is 0 Å². The van der Waals surface area contributed by atoms with Gasteiger partial charge in [0, 0.05) is 31.6 Å². The molecule has 2 atom stereocenters. The molecule has 2 aliphatic rings. The standard InChI is InChI=1S/C15H22N2O/c1-2-16-15-11-18-10-14(15)9-17-7-12-5-3-4-6-13(12)8-17/h3-6,14-16H,2,7-11H2,1H3. The van der Waals surface area contributed by atoms with Crippen molar-refractivity contribution in [2.24, 2.45) is 5.92 Å². The summed E-state index contributed by atoms with van der Waals surface area (Å²) in [6.07, 6.45) is 0. The molecule has 98 valence electrons. The van der Waals surface area contributed by atoms with E-state index in [2.05, 4.69) is 41.4 Å². The van der Waals surface area contributed by atoms with Gasteiger partial charge in [-0.2, -0.15) is 0 Å². The molecule has 0 bridgehead atoms. The maximum Gasteiger partial charge on any atom is 0.0623 e. The van der Waals surface area contributed by atoms with Gasteiger partial charge in [-0.3, -0.25) is 4.90 Å². The third kappa shape index (κ3) is 2.44. The van der Waals surface area contributed by atoms with E-state index in [0.717, 1.165) is 39.4 Å². The first-order valence-electron chi connectivity index (χ1n) is 6.97. The summed E-state index contributed by atoms with van der Waals surface area (Å²) in [6.45, 7) is 8.33. The van der Waals surface area contributed by atoms with Crippen molar-refractivity contribution in [2.75, 3.05) is 26.3 Å². The van der Waals surface area contributed by atoms with E-state index in [-0.39, 0.29) is 0 Å². The Balaban J connectivity index is 1.59. The van der Waals surface area contributed by atoms with E-state index in [1.807, 2.05) is 0 Å². The summed E-state index contributed by atoms with van der Waals surface area (Å²) in [5.74, 6) is 0.638. The third-order valence-electron chi connectivity index (χ3n) is 4.06. The average Bonchev–Trinajstić information content (AvgIpc) is 2.97. The molecule has 3 rings (SSSR count). The predicted octanol–water partition coefficient (Wildman–Crippen LogP) is 1.63. The summed E-state index contributed by atoms with van der Waals surface area (Å²) >= 11 is 0. The van der Waals surface area contributed by atoms with Crippen molar-refractivity contribution in [3.8, 4) is 0 Å². The summed E-state index contributed by atoms with van der Waals surface area (Å²) in [5, 5.41) is 3.54. The molecule has 1 saturated heterocycles. The topological polar surface area (TPSA) is 24.5 Å². The zero-order valence-corrected chi connectivity index (χ0v) is 11.1. The van der Waals surface area contributed by atoms with Crippen molar-refractivity contribution in [1.82, 2.24) is 10.2 Å². The van der Waals surface area contributed by atoms with E-state index in [1.165, 1.54) is 11.1 Å². The Hall–Kier alpha value is -0.900. The van der Waals surface area contributed by atoms with Crippen LogP contribution in [0.25, 0.3) is 0 Å². The molecular formula is C15H22N2O. The molecule has 3 heteroatoms. The maximum absolute atomic E-state index is 5.62. The fourth-order valence-electron chi connectivity index (χ4n) is 3.13. The van der Waals surface area contributed by atoms with Crippen LogP contribution in [-0.4, -0.2) is 37.2 Å². The van der Waals surface area contributed by atoms with Crippen LogP contribution in [0.15, 0.2) is 24.3 Å². The number of nitrogens with zero attached hydrogens (tertiary/aromatic N) is 1. The van der Waals surface area contributed by atoms with E-state index >= 15 is 0 Å². The van der Waals surface area contributed by atoms with E-state index in [4.69, 9.17) is 4.74 Å². The second-order valence-electron chi connectivity index (χ2n) is 5.40. The SMILES string of the molecule is CCNC1COCC1CN1Cc2ccccc2C1. The number of likely N-dealkylation sites (N-methyl/N-ethyl adjacent to an activating group) is 1. The lowest BCUT2D eigenvalue weighted by Gasteiger charge is -2.24. The highest BCUT2D eigenvalue weighted by atomic mass is 16.5. The molecule has 0 spiro atoms. The van der Waals surface area contributed by atoms with Crippen molar-refractivity contribution in [1.29, 1.82) is 0 Å². The third-order valence-corrected chi connectivity index (χ3v) is 4.06. The Labute approximate surface area is 109 Å². The van der Waals surface area contributed by atoms with Crippen LogP contribution in [-0.2, 0) is 17.8 Å². The summed E-state index contributed by atoms with van der Waals surface area (Å²) in [4.78, 5) is 2.55. The molecule has 1 fully saturated rings. The first-order chi connectivity index (χ1) is 8.86. The second-order valence-corrected chi connectivity index (χ2v) is 5.40. The van der Waals surface area contributed by atoms with Crippen molar-refractivity contribution in [3.05, 3.63) is 35.4 Å². The lowest BCUT2D eigenvalue weighted by Crippen LogP contribution is -2.40. The molecule has 1 N–H and O–H groups in total. The highest BCUT2D eigenvalue weighted by Gasteiger charge is 2.30. The van der Waals surface area contributed by atoms with Gasteiger partial charge in [-0.05, 0) is 17.7 Å². The fourth-order valence-corrected chi connectivity index (χ4v) is 3.13. The van der Waals surface area contributed by atoms with Crippen LogP contribution in [0.1, 0.15) is 18.1 Å². The van der Waals surface area contributed by atoms with Crippen LogP contribution in [0.2, 0.25) is 0 Å². The summed E-state index contributed by atoms with van der Waals surface area (Å²) in [6, 6.07) is 9.33. The molecule has 2 unspecified atom stereocenters. The maximum atomic E-state index is 5.62. The van der Waals surface area contributed by atoms with Crippen LogP contribution in [0, 0.1) is 5.92 Å². The number of rotatable bonds is 4. The van der Waals surface area contributed by atoms with Gasteiger partial charge in [0.2, 0.25) is 0 Å². The van der Waals surface area contributed by atoms with Crippen molar-refractivity contribution >= 4 is 0 Å². The molecule has 0 saturated carbocycles. The number of hydrogen-bond acceptors (Lipinski definition) is 3. The monoisotopic (exact) mass is 246 g/mol. The van der Waals surface area contributed by atoms with Crippen molar-refractivity contribution < 1.29 is 4.74 Å². The number of fused-ring (bicyclic) bond motifs is 1. The quantitative estimate of drug-likeness (QED) is 0.874. The second kappa shape index (κ2) is 5.39. The molecule has 2 heterocycles. The molecule has 1 aromatic carbocycles. The summed E-state index contributed by atoms with van der Waals surface area (Å²) < 4.78 is 5.62. The molecule has 1 aromatic rings. The van der Waals surface area contributed by atoms with E-state index < -0.39 is 0 Å². The lowest BCUT2D eigenvalue weighted by molar-refractivity contribution is 0.167. The van der Waals surface area contributed by atoms with Crippen LogP contribution in [0.3, 0.4) is 0 Å². The number of nitrogens with one attached hydrogen (secondary N) is 1.